The van der Waals surface area contributed by atoms with Crippen molar-refractivity contribution in [2.75, 3.05) is 5.32 Å². The molecule has 0 aromatic heterocycles. The average molecular weight is 468 g/mol. The lowest BCUT2D eigenvalue weighted by Crippen LogP contribution is -2.53. The molecule has 4 rings (SSSR count). The van der Waals surface area contributed by atoms with Gasteiger partial charge in [-0.25, -0.2) is 13.2 Å². The molecule has 1 unspecified atom stereocenters. The number of anilines is 1. The summed E-state index contributed by atoms with van der Waals surface area (Å²) in [5.41, 5.74) is -1.84. The molecule has 0 spiro atoms. The van der Waals surface area contributed by atoms with E-state index in [1.54, 1.807) is 0 Å². The lowest BCUT2D eigenvalue weighted by atomic mass is 9.96. The number of carbonyl (C=O) groups excluding carboxylic acids is 2. The van der Waals surface area contributed by atoms with Gasteiger partial charge < -0.3 is 15.3 Å². The van der Waals surface area contributed by atoms with E-state index in [9.17, 15) is 27.9 Å². The highest BCUT2D eigenvalue weighted by Gasteiger charge is 2.53. The molecule has 2 N–H and O–H groups in total. The van der Waals surface area contributed by atoms with E-state index in [1.165, 1.54) is 6.92 Å². The van der Waals surface area contributed by atoms with E-state index in [2.05, 4.69) is 5.32 Å². The van der Waals surface area contributed by atoms with Gasteiger partial charge in [-0.05, 0) is 62.4 Å². The zero-order chi connectivity index (χ0) is 24.1. The summed E-state index contributed by atoms with van der Waals surface area (Å²) in [6, 6.07) is 2.95. The number of fused-ring (bicyclic) bond motifs is 2. The van der Waals surface area contributed by atoms with E-state index in [0.717, 1.165) is 23.1 Å². The summed E-state index contributed by atoms with van der Waals surface area (Å²) >= 11 is 0. The molecule has 3 atom stereocenters. The van der Waals surface area contributed by atoms with Crippen molar-refractivity contribution in [3.63, 3.8) is 0 Å². The number of rotatable bonds is 4. The molecule has 2 aliphatic rings. The Morgan fingerprint density at radius 2 is 1.67 bits per heavy atom. The molecule has 5 nitrogen and oxygen atoms in total. The summed E-state index contributed by atoms with van der Waals surface area (Å²) in [7, 11) is 0. The zero-order valence-electron chi connectivity index (χ0n) is 17.5. The standard InChI is InChI=1S/C23H21F5N2O3/c1-11-6-13(8-19(25)20(11)26)29-21(32)12-2-5-18(24)17(7-12)23(27,28)22(33)30-14-3-4-15(30)10-16(31)9-14/h2,5-8,14-16,31H,3-4,9-10H2,1H3,(H,29,32)/t14-,15?,16-/m1/s1. The fourth-order valence-corrected chi connectivity index (χ4v) is 4.67. The number of benzene rings is 2. The van der Waals surface area contributed by atoms with Crippen molar-refractivity contribution in [3.05, 3.63) is 64.5 Å². The molecule has 2 aliphatic heterocycles. The highest BCUT2D eigenvalue weighted by Crippen LogP contribution is 2.41. The summed E-state index contributed by atoms with van der Waals surface area (Å²) in [5.74, 6) is -10.4. The minimum atomic E-state index is -4.25. The van der Waals surface area contributed by atoms with Crippen LogP contribution in [-0.2, 0) is 10.7 Å². The number of nitrogens with zero attached hydrogens (tertiary/aromatic N) is 1. The number of aliphatic hydroxyl groups is 1. The van der Waals surface area contributed by atoms with Gasteiger partial charge in [-0.15, -0.1) is 0 Å². The number of alkyl halides is 2. The third-order valence-electron chi connectivity index (χ3n) is 6.25. The van der Waals surface area contributed by atoms with Crippen LogP contribution >= 0.6 is 0 Å². The van der Waals surface area contributed by atoms with Gasteiger partial charge in [0, 0.05) is 29.4 Å². The first-order valence-electron chi connectivity index (χ1n) is 10.4. The Labute approximate surface area is 186 Å². The second-order valence-corrected chi connectivity index (χ2v) is 8.53. The quantitative estimate of drug-likeness (QED) is 0.659. The number of aryl methyl sites for hydroxylation is 1. The van der Waals surface area contributed by atoms with Crippen LogP contribution in [-0.4, -0.2) is 40.0 Å². The van der Waals surface area contributed by atoms with Crippen LogP contribution in [0.3, 0.4) is 0 Å². The van der Waals surface area contributed by atoms with Crippen LogP contribution in [0, 0.1) is 24.4 Å². The molecule has 2 bridgehead atoms. The Hall–Kier alpha value is -3.01. The molecule has 2 amide bonds. The smallest absolute Gasteiger partial charge is 0.352 e. The van der Waals surface area contributed by atoms with Crippen LogP contribution in [0.1, 0.15) is 47.2 Å². The number of piperidine rings is 1. The number of amides is 2. The van der Waals surface area contributed by atoms with Crippen LogP contribution in [0.15, 0.2) is 30.3 Å². The van der Waals surface area contributed by atoms with Crippen molar-refractivity contribution in [1.29, 1.82) is 0 Å². The molecule has 2 saturated heterocycles. The van der Waals surface area contributed by atoms with Crippen molar-refractivity contribution < 1.29 is 36.6 Å². The molecule has 2 fully saturated rings. The molecule has 2 aromatic carbocycles. The summed E-state index contributed by atoms with van der Waals surface area (Å²) in [5, 5.41) is 12.1. The Kier molecular flexibility index (Phi) is 5.90. The monoisotopic (exact) mass is 468 g/mol. The van der Waals surface area contributed by atoms with Crippen molar-refractivity contribution in [2.24, 2.45) is 0 Å². The van der Waals surface area contributed by atoms with Gasteiger partial charge in [0.1, 0.15) is 5.82 Å². The fourth-order valence-electron chi connectivity index (χ4n) is 4.67. The maximum atomic E-state index is 15.2. The molecule has 33 heavy (non-hydrogen) atoms. The number of hydrogen-bond acceptors (Lipinski definition) is 3. The van der Waals surface area contributed by atoms with Crippen molar-refractivity contribution in [1.82, 2.24) is 4.90 Å². The maximum absolute atomic E-state index is 15.2. The van der Waals surface area contributed by atoms with Crippen LogP contribution in [0.5, 0.6) is 0 Å². The molecule has 10 heteroatoms. The first kappa shape index (κ1) is 23.2. The van der Waals surface area contributed by atoms with Gasteiger partial charge in [0.25, 0.3) is 11.8 Å². The fraction of sp³-hybridized carbons (Fsp3) is 0.391. The third kappa shape index (κ3) is 4.19. The van der Waals surface area contributed by atoms with Gasteiger partial charge in [-0.2, -0.15) is 8.78 Å². The minimum absolute atomic E-state index is 0.0801. The molecular formula is C23H21F5N2O3. The summed E-state index contributed by atoms with van der Waals surface area (Å²) in [4.78, 5) is 26.3. The number of halogens is 5. The number of aliphatic hydroxyl groups excluding tert-OH is 1. The first-order valence-corrected chi connectivity index (χ1v) is 10.4. The Balaban J connectivity index is 1.60. The number of carbonyl (C=O) groups is 2. The van der Waals surface area contributed by atoms with Crippen molar-refractivity contribution in [2.45, 2.75) is 56.7 Å². The van der Waals surface area contributed by atoms with Crippen LogP contribution in [0.4, 0.5) is 27.6 Å². The molecular weight excluding hydrogens is 447 g/mol. The Morgan fingerprint density at radius 1 is 1.03 bits per heavy atom. The molecule has 0 aliphatic carbocycles. The predicted molar refractivity (Wildman–Crippen MR) is 108 cm³/mol. The summed E-state index contributed by atoms with van der Waals surface area (Å²) in [6.07, 6.45) is 0.627. The van der Waals surface area contributed by atoms with Crippen molar-refractivity contribution >= 4 is 17.5 Å². The highest BCUT2D eigenvalue weighted by atomic mass is 19.3. The maximum Gasteiger partial charge on any atom is 0.352 e. The van der Waals surface area contributed by atoms with Crippen LogP contribution in [0.25, 0.3) is 0 Å². The van der Waals surface area contributed by atoms with Gasteiger partial charge in [0.2, 0.25) is 0 Å². The van der Waals surface area contributed by atoms with E-state index in [1.807, 2.05) is 0 Å². The molecule has 2 aromatic rings. The lowest BCUT2D eigenvalue weighted by Gasteiger charge is -2.39. The molecule has 0 radical (unpaired) electrons. The molecule has 176 valence electrons. The Bertz CT molecular complexity index is 1090. The lowest BCUT2D eigenvalue weighted by molar-refractivity contribution is -0.166. The summed E-state index contributed by atoms with van der Waals surface area (Å²) < 4.78 is 71.8. The average Bonchev–Trinajstić information content (AvgIpc) is 3.02. The minimum Gasteiger partial charge on any atom is -0.393 e. The molecule has 0 saturated carbocycles. The Morgan fingerprint density at radius 3 is 2.27 bits per heavy atom. The normalized spacial score (nSPS) is 22.4. The largest absolute Gasteiger partial charge is 0.393 e. The predicted octanol–water partition coefficient (Wildman–Crippen LogP) is 4.27. The first-order chi connectivity index (χ1) is 15.5. The van der Waals surface area contributed by atoms with Gasteiger partial charge >= 0.3 is 5.92 Å². The third-order valence-corrected chi connectivity index (χ3v) is 6.25. The van der Waals surface area contributed by atoms with E-state index in [-0.39, 0.29) is 24.1 Å². The SMILES string of the molecule is Cc1cc(NC(=O)c2ccc(F)c(C(F)(F)C(=O)N3C4CC[C@@H]3C[C@@H](O)C4)c2)cc(F)c1F. The number of hydrogen-bond donors (Lipinski definition) is 2. The second kappa shape index (κ2) is 8.40. The highest BCUT2D eigenvalue weighted by molar-refractivity contribution is 6.04. The van der Waals surface area contributed by atoms with E-state index < -0.39 is 64.5 Å². The van der Waals surface area contributed by atoms with Gasteiger partial charge in [0.05, 0.1) is 11.7 Å². The van der Waals surface area contributed by atoms with Crippen molar-refractivity contribution in [3.8, 4) is 0 Å². The van der Waals surface area contributed by atoms with Crippen LogP contribution in [0.2, 0.25) is 0 Å². The van der Waals surface area contributed by atoms with E-state index in [0.29, 0.717) is 25.0 Å². The topological polar surface area (TPSA) is 69.6 Å². The second-order valence-electron chi connectivity index (χ2n) is 8.53. The molecule has 2 heterocycles. The van der Waals surface area contributed by atoms with Gasteiger partial charge in [-0.3, -0.25) is 9.59 Å². The zero-order valence-corrected chi connectivity index (χ0v) is 17.5. The summed E-state index contributed by atoms with van der Waals surface area (Å²) in [6.45, 7) is 1.28. The van der Waals surface area contributed by atoms with Crippen LogP contribution < -0.4 is 5.32 Å². The van der Waals surface area contributed by atoms with E-state index >= 15 is 8.78 Å². The number of nitrogens with one attached hydrogen (secondary N) is 1. The van der Waals surface area contributed by atoms with E-state index in [4.69, 9.17) is 0 Å². The van der Waals surface area contributed by atoms with Gasteiger partial charge in [0.15, 0.2) is 11.6 Å². The van der Waals surface area contributed by atoms with Gasteiger partial charge in [-0.1, -0.05) is 0 Å².